The molecule has 0 saturated heterocycles. The molecular weight excluding hydrogens is 414 g/mol. The highest BCUT2D eigenvalue weighted by Gasteiger charge is 2.21. The van der Waals surface area contributed by atoms with Crippen LogP contribution < -0.4 is 19.5 Å². The summed E-state index contributed by atoms with van der Waals surface area (Å²) in [5, 5.41) is 3.86. The molecule has 0 spiro atoms. The van der Waals surface area contributed by atoms with Crippen LogP contribution in [0, 0.1) is 5.92 Å². The number of nitrogens with one attached hydrogen (secondary N) is 2. The van der Waals surface area contributed by atoms with Crippen molar-refractivity contribution in [3.63, 3.8) is 0 Å². The first-order valence-corrected chi connectivity index (χ1v) is 11.4. The fourth-order valence-electron chi connectivity index (χ4n) is 3.52. The SMILES string of the molecule is COc1ccc2nc(SCC(=O)NC(c3ccc4c(c3)OCCCO4)C(C)C)[nH]c2c1. The first kappa shape index (κ1) is 21.4. The summed E-state index contributed by atoms with van der Waals surface area (Å²) < 4.78 is 16.8. The van der Waals surface area contributed by atoms with E-state index in [2.05, 4.69) is 29.1 Å². The molecule has 8 heteroatoms. The lowest BCUT2D eigenvalue weighted by atomic mass is 9.95. The van der Waals surface area contributed by atoms with Gasteiger partial charge >= 0.3 is 0 Å². The molecule has 4 rings (SSSR count). The predicted octanol–water partition coefficient (Wildman–Crippen LogP) is 4.34. The number of thioether (sulfide) groups is 1. The highest BCUT2D eigenvalue weighted by molar-refractivity contribution is 7.99. The Morgan fingerprint density at radius 2 is 2.00 bits per heavy atom. The van der Waals surface area contributed by atoms with Gasteiger partial charge in [-0.2, -0.15) is 0 Å². The molecule has 1 unspecified atom stereocenters. The Balaban J connectivity index is 1.41. The molecule has 1 aromatic heterocycles. The Labute approximate surface area is 185 Å². The van der Waals surface area contributed by atoms with Crippen LogP contribution in [0.15, 0.2) is 41.6 Å². The lowest BCUT2D eigenvalue weighted by Gasteiger charge is -2.23. The molecule has 31 heavy (non-hydrogen) atoms. The smallest absolute Gasteiger partial charge is 0.230 e. The molecule has 1 aliphatic rings. The minimum atomic E-state index is -0.120. The first-order valence-electron chi connectivity index (χ1n) is 10.4. The van der Waals surface area contributed by atoms with Gasteiger partial charge in [0.05, 0.1) is 43.2 Å². The van der Waals surface area contributed by atoms with Crippen molar-refractivity contribution in [1.82, 2.24) is 15.3 Å². The summed E-state index contributed by atoms with van der Waals surface area (Å²) in [6.45, 7) is 5.47. The Bertz CT molecular complexity index is 1070. The van der Waals surface area contributed by atoms with Crippen LogP contribution in [0.4, 0.5) is 0 Å². The van der Waals surface area contributed by atoms with Crippen LogP contribution in [-0.2, 0) is 4.79 Å². The van der Waals surface area contributed by atoms with Gasteiger partial charge in [-0.1, -0.05) is 31.7 Å². The maximum atomic E-state index is 12.7. The van der Waals surface area contributed by atoms with Crippen molar-refractivity contribution in [1.29, 1.82) is 0 Å². The Morgan fingerprint density at radius 1 is 1.19 bits per heavy atom. The molecule has 0 aliphatic carbocycles. The van der Waals surface area contributed by atoms with Gasteiger partial charge in [0, 0.05) is 12.5 Å². The molecule has 164 valence electrons. The highest BCUT2D eigenvalue weighted by Crippen LogP contribution is 2.34. The number of amides is 1. The average molecular weight is 442 g/mol. The molecule has 1 amide bonds. The topological polar surface area (TPSA) is 85.5 Å². The van der Waals surface area contributed by atoms with E-state index in [0.717, 1.165) is 40.3 Å². The van der Waals surface area contributed by atoms with E-state index in [1.165, 1.54) is 11.8 Å². The largest absolute Gasteiger partial charge is 0.497 e. The van der Waals surface area contributed by atoms with E-state index in [1.54, 1.807) is 7.11 Å². The monoisotopic (exact) mass is 441 g/mol. The molecule has 1 atom stereocenters. The van der Waals surface area contributed by atoms with E-state index in [0.29, 0.717) is 18.4 Å². The number of hydrogen-bond acceptors (Lipinski definition) is 6. The summed E-state index contributed by atoms with van der Waals surface area (Å²) in [4.78, 5) is 20.5. The summed E-state index contributed by atoms with van der Waals surface area (Å²) in [6.07, 6.45) is 0.861. The zero-order valence-electron chi connectivity index (χ0n) is 17.9. The third-order valence-electron chi connectivity index (χ3n) is 5.12. The number of rotatable bonds is 7. The Hall–Kier alpha value is -2.87. The number of aromatic nitrogens is 2. The molecule has 0 bridgehead atoms. The van der Waals surface area contributed by atoms with Crippen LogP contribution in [0.5, 0.6) is 17.2 Å². The summed E-state index contributed by atoms with van der Waals surface area (Å²) in [7, 11) is 1.63. The van der Waals surface area contributed by atoms with E-state index in [9.17, 15) is 4.79 Å². The van der Waals surface area contributed by atoms with Crippen molar-refractivity contribution in [3.05, 3.63) is 42.0 Å². The quantitative estimate of drug-likeness (QED) is 0.531. The zero-order valence-corrected chi connectivity index (χ0v) is 18.8. The molecule has 0 radical (unpaired) electrons. The fourth-order valence-corrected chi connectivity index (χ4v) is 4.21. The molecule has 0 fully saturated rings. The minimum absolute atomic E-state index is 0.0474. The van der Waals surface area contributed by atoms with Gasteiger partial charge in [-0.25, -0.2) is 4.98 Å². The van der Waals surface area contributed by atoms with Crippen molar-refractivity contribution in [2.45, 2.75) is 31.5 Å². The number of carbonyl (C=O) groups excluding carboxylic acids is 1. The van der Waals surface area contributed by atoms with Gasteiger partial charge in [0.1, 0.15) is 5.75 Å². The number of fused-ring (bicyclic) bond motifs is 2. The van der Waals surface area contributed by atoms with Gasteiger partial charge in [0.25, 0.3) is 0 Å². The highest BCUT2D eigenvalue weighted by atomic mass is 32.2. The molecule has 1 aliphatic heterocycles. The van der Waals surface area contributed by atoms with Crippen LogP contribution in [0.3, 0.4) is 0 Å². The van der Waals surface area contributed by atoms with E-state index in [1.807, 2.05) is 36.4 Å². The number of H-pyrrole nitrogens is 1. The molecule has 2 aromatic carbocycles. The van der Waals surface area contributed by atoms with Crippen molar-refractivity contribution >= 4 is 28.7 Å². The maximum Gasteiger partial charge on any atom is 0.230 e. The zero-order chi connectivity index (χ0) is 21.8. The van der Waals surface area contributed by atoms with Crippen LogP contribution >= 0.6 is 11.8 Å². The van der Waals surface area contributed by atoms with Crippen molar-refractivity contribution < 1.29 is 19.0 Å². The van der Waals surface area contributed by atoms with E-state index >= 15 is 0 Å². The van der Waals surface area contributed by atoms with Crippen molar-refractivity contribution in [2.24, 2.45) is 5.92 Å². The van der Waals surface area contributed by atoms with Gasteiger partial charge in [-0.15, -0.1) is 0 Å². The van der Waals surface area contributed by atoms with Gasteiger partial charge in [0.2, 0.25) is 5.91 Å². The fraction of sp³-hybridized carbons (Fsp3) is 0.391. The summed E-state index contributed by atoms with van der Waals surface area (Å²) in [5.41, 5.74) is 2.74. The third kappa shape index (κ3) is 5.07. The van der Waals surface area contributed by atoms with Gasteiger partial charge in [0.15, 0.2) is 16.7 Å². The van der Waals surface area contributed by atoms with Crippen LogP contribution in [-0.4, -0.2) is 42.0 Å². The second kappa shape index (κ2) is 9.51. The van der Waals surface area contributed by atoms with Gasteiger partial charge in [-0.3, -0.25) is 4.79 Å². The number of benzene rings is 2. The number of nitrogens with zero attached hydrogens (tertiary/aromatic N) is 1. The molecule has 0 saturated carbocycles. The summed E-state index contributed by atoms with van der Waals surface area (Å²) in [5.74, 6) is 2.70. The van der Waals surface area contributed by atoms with E-state index in [-0.39, 0.29) is 23.6 Å². The van der Waals surface area contributed by atoms with Crippen molar-refractivity contribution in [3.8, 4) is 17.2 Å². The van der Waals surface area contributed by atoms with Crippen molar-refractivity contribution in [2.75, 3.05) is 26.1 Å². The second-order valence-electron chi connectivity index (χ2n) is 7.76. The number of hydrogen-bond donors (Lipinski definition) is 2. The number of carbonyl (C=O) groups is 1. The molecule has 2 heterocycles. The number of ether oxygens (including phenoxy) is 3. The van der Waals surface area contributed by atoms with Crippen LogP contribution in [0.1, 0.15) is 31.9 Å². The minimum Gasteiger partial charge on any atom is -0.497 e. The first-order chi connectivity index (χ1) is 15.0. The van der Waals surface area contributed by atoms with Crippen LogP contribution in [0.25, 0.3) is 11.0 Å². The average Bonchev–Trinajstić information content (AvgIpc) is 3.03. The lowest BCUT2D eigenvalue weighted by Crippen LogP contribution is -2.33. The summed E-state index contributed by atoms with van der Waals surface area (Å²) in [6, 6.07) is 11.4. The van der Waals surface area contributed by atoms with Gasteiger partial charge < -0.3 is 24.5 Å². The molecular formula is C23H27N3O4S. The van der Waals surface area contributed by atoms with E-state index < -0.39 is 0 Å². The second-order valence-corrected chi connectivity index (χ2v) is 8.72. The lowest BCUT2D eigenvalue weighted by molar-refractivity contribution is -0.119. The Kier molecular flexibility index (Phi) is 6.56. The van der Waals surface area contributed by atoms with E-state index in [4.69, 9.17) is 14.2 Å². The maximum absolute atomic E-state index is 12.7. The third-order valence-corrected chi connectivity index (χ3v) is 5.99. The van der Waals surface area contributed by atoms with Gasteiger partial charge in [-0.05, 0) is 35.7 Å². The standard InChI is InChI=1S/C23H27N3O4S/c1-14(2)22(15-5-8-19-20(11-15)30-10-4-9-29-19)26-21(27)13-31-23-24-17-7-6-16(28-3)12-18(17)25-23/h5-8,11-12,14,22H,4,9-10,13H2,1-3H3,(H,24,25)(H,26,27). The molecule has 2 N–H and O–H groups in total. The number of imidazole rings is 1. The molecule has 7 nitrogen and oxygen atoms in total. The van der Waals surface area contributed by atoms with Crippen LogP contribution in [0.2, 0.25) is 0 Å². The summed E-state index contributed by atoms with van der Waals surface area (Å²) >= 11 is 1.38. The number of methoxy groups -OCH3 is 1. The molecule has 3 aromatic rings. The number of aromatic amines is 1. The predicted molar refractivity (Wildman–Crippen MR) is 121 cm³/mol. The normalized spacial score (nSPS) is 14.3. The Morgan fingerprint density at radius 3 is 2.77 bits per heavy atom.